The second-order valence-corrected chi connectivity index (χ2v) is 5.34. The fraction of sp³-hybridized carbons (Fsp3) is 0.438. The van der Waals surface area contributed by atoms with E-state index in [9.17, 15) is 13.2 Å². The molecule has 0 amide bonds. The third kappa shape index (κ3) is 6.46. The average Bonchev–Trinajstić information content (AvgIpc) is 3.05. The Labute approximate surface area is 167 Å². The number of guanidine groups is 1. The minimum Gasteiger partial charge on any atom is -0.355 e. The van der Waals surface area contributed by atoms with Crippen LogP contribution in [0, 0.1) is 0 Å². The summed E-state index contributed by atoms with van der Waals surface area (Å²) in [7, 11) is 1.64. The largest absolute Gasteiger partial charge is 0.416 e. The normalized spacial score (nSPS) is 11.8. The number of benzene rings is 1. The van der Waals surface area contributed by atoms with Gasteiger partial charge in [-0.1, -0.05) is 19.1 Å². The first-order valence-corrected chi connectivity index (χ1v) is 7.91. The summed E-state index contributed by atoms with van der Waals surface area (Å²) < 4.78 is 39.6. The lowest BCUT2D eigenvalue weighted by Gasteiger charge is -2.13. The second kappa shape index (κ2) is 10.3. The van der Waals surface area contributed by atoms with Crippen molar-refractivity contribution in [3.05, 3.63) is 47.5 Å². The minimum absolute atomic E-state index is 0. The molecule has 1 aromatic carbocycles. The predicted molar refractivity (Wildman–Crippen MR) is 104 cm³/mol. The maximum absolute atomic E-state index is 12.5. The van der Waals surface area contributed by atoms with E-state index in [1.54, 1.807) is 13.4 Å². The van der Waals surface area contributed by atoms with E-state index >= 15 is 0 Å². The fourth-order valence-corrected chi connectivity index (χ4v) is 2.25. The van der Waals surface area contributed by atoms with Crippen LogP contribution in [0.2, 0.25) is 0 Å². The molecule has 0 aliphatic carbocycles. The van der Waals surface area contributed by atoms with Gasteiger partial charge in [0.1, 0.15) is 12.2 Å². The third-order valence-electron chi connectivity index (χ3n) is 3.62. The molecule has 0 fully saturated rings. The summed E-state index contributed by atoms with van der Waals surface area (Å²) in [4.78, 5) is 4.10. The lowest BCUT2D eigenvalue weighted by atomic mass is 10.1. The van der Waals surface area contributed by atoms with E-state index in [0.717, 1.165) is 29.9 Å². The molecule has 0 spiro atoms. The van der Waals surface area contributed by atoms with Crippen LogP contribution in [0.15, 0.2) is 35.6 Å². The number of aliphatic imine (C=N–C) groups is 1. The average molecular weight is 482 g/mol. The number of rotatable bonds is 6. The summed E-state index contributed by atoms with van der Waals surface area (Å²) in [6.07, 6.45) is -1.83. The van der Waals surface area contributed by atoms with Crippen molar-refractivity contribution in [1.29, 1.82) is 0 Å². The van der Waals surface area contributed by atoms with E-state index in [4.69, 9.17) is 0 Å². The second-order valence-electron chi connectivity index (χ2n) is 5.34. The first-order valence-electron chi connectivity index (χ1n) is 7.91. The van der Waals surface area contributed by atoms with Crippen molar-refractivity contribution >= 4 is 29.9 Å². The van der Waals surface area contributed by atoms with Crippen molar-refractivity contribution in [1.82, 2.24) is 25.4 Å². The molecule has 0 aliphatic rings. The van der Waals surface area contributed by atoms with Crippen molar-refractivity contribution in [3.8, 4) is 0 Å². The molecule has 26 heavy (non-hydrogen) atoms. The zero-order valence-corrected chi connectivity index (χ0v) is 16.9. The number of nitrogens with one attached hydrogen (secondary N) is 2. The van der Waals surface area contributed by atoms with Gasteiger partial charge in [-0.3, -0.25) is 4.99 Å². The SMILES string of the molecule is CCc1nncn1CCNC(=NC)NCc1ccc(C(F)(F)F)cc1.I. The summed E-state index contributed by atoms with van der Waals surface area (Å²) in [5, 5.41) is 14.1. The Morgan fingerprint density at radius 3 is 2.46 bits per heavy atom. The number of halogens is 4. The van der Waals surface area contributed by atoms with Gasteiger partial charge in [0.25, 0.3) is 0 Å². The van der Waals surface area contributed by atoms with Crippen LogP contribution in [0.4, 0.5) is 13.2 Å². The number of hydrogen-bond donors (Lipinski definition) is 2. The van der Waals surface area contributed by atoms with Crippen molar-refractivity contribution in [2.24, 2.45) is 4.99 Å². The standard InChI is InChI=1S/C16H21F3N6.HI/c1-3-14-24-23-11-25(14)9-8-21-15(20-2)22-10-12-4-6-13(7-5-12)16(17,18)19;/h4-7,11H,3,8-10H2,1-2H3,(H2,20,21,22);1H. The highest BCUT2D eigenvalue weighted by Gasteiger charge is 2.29. The fourth-order valence-electron chi connectivity index (χ4n) is 2.25. The van der Waals surface area contributed by atoms with Gasteiger partial charge in [0.05, 0.1) is 5.56 Å². The van der Waals surface area contributed by atoms with Crippen LogP contribution < -0.4 is 10.6 Å². The summed E-state index contributed by atoms with van der Waals surface area (Å²) in [6, 6.07) is 5.05. The molecule has 0 bridgehead atoms. The van der Waals surface area contributed by atoms with E-state index in [1.807, 2.05) is 11.5 Å². The number of hydrogen-bond acceptors (Lipinski definition) is 3. The highest BCUT2D eigenvalue weighted by atomic mass is 127. The molecule has 0 radical (unpaired) electrons. The monoisotopic (exact) mass is 482 g/mol. The molecular weight excluding hydrogens is 460 g/mol. The van der Waals surface area contributed by atoms with Gasteiger partial charge in [-0.15, -0.1) is 34.2 Å². The van der Waals surface area contributed by atoms with Crippen LogP contribution >= 0.6 is 24.0 Å². The molecule has 0 saturated carbocycles. The molecule has 0 unspecified atom stereocenters. The lowest BCUT2D eigenvalue weighted by molar-refractivity contribution is -0.137. The van der Waals surface area contributed by atoms with Crippen LogP contribution in [-0.4, -0.2) is 34.3 Å². The van der Waals surface area contributed by atoms with Crippen LogP contribution in [0.3, 0.4) is 0 Å². The molecule has 0 atom stereocenters. The van der Waals surface area contributed by atoms with Crippen LogP contribution in [0.5, 0.6) is 0 Å². The molecule has 144 valence electrons. The van der Waals surface area contributed by atoms with Crippen molar-refractivity contribution in [2.75, 3.05) is 13.6 Å². The van der Waals surface area contributed by atoms with Gasteiger partial charge in [-0.2, -0.15) is 13.2 Å². The predicted octanol–water partition coefficient (Wildman–Crippen LogP) is 2.84. The molecule has 2 N–H and O–H groups in total. The summed E-state index contributed by atoms with van der Waals surface area (Å²) in [5.41, 5.74) is 0.0856. The number of aryl methyl sites for hydroxylation is 1. The zero-order chi connectivity index (χ0) is 18.3. The van der Waals surface area contributed by atoms with E-state index in [-0.39, 0.29) is 24.0 Å². The maximum Gasteiger partial charge on any atom is 0.416 e. The maximum atomic E-state index is 12.5. The molecule has 2 aromatic rings. The number of aromatic nitrogens is 3. The Bertz CT molecular complexity index is 697. The molecule has 1 heterocycles. The lowest BCUT2D eigenvalue weighted by Crippen LogP contribution is -2.38. The molecule has 6 nitrogen and oxygen atoms in total. The van der Waals surface area contributed by atoms with Gasteiger partial charge in [-0.05, 0) is 17.7 Å². The topological polar surface area (TPSA) is 67.1 Å². The van der Waals surface area contributed by atoms with Crippen LogP contribution in [0.25, 0.3) is 0 Å². The molecular formula is C16H22F3IN6. The van der Waals surface area contributed by atoms with Gasteiger partial charge < -0.3 is 15.2 Å². The molecule has 1 aromatic heterocycles. The Morgan fingerprint density at radius 1 is 1.19 bits per heavy atom. The van der Waals surface area contributed by atoms with Gasteiger partial charge in [0.2, 0.25) is 0 Å². The summed E-state index contributed by atoms with van der Waals surface area (Å²) in [5.74, 6) is 1.49. The zero-order valence-electron chi connectivity index (χ0n) is 14.5. The smallest absolute Gasteiger partial charge is 0.355 e. The number of alkyl halides is 3. The first-order chi connectivity index (χ1) is 11.9. The molecule has 2 rings (SSSR count). The summed E-state index contributed by atoms with van der Waals surface area (Å²) in [6.45, 7) is 3.71. The third-order valence-corrected chi connectivity index (χ3v) is 3.62. The molecule has 10 heteroatoms. The van der Waals surface area contributed by atoms with Gasteiger partial charge in [0, 0.05) is 33.1 Å². The van der Waals surface area contributed by atoms with E-state index in [0.29, 0.717) is 25.6 Å². The van der Waals surface area contributed by atoms with E-state index in [2.05, 4.69) is 25.8 Å². The van der Waals surface area contributed by atoms with E-state index < -0.39 is 11.7 Å². The Hall–Kier alpha value is -1.85. The van der Waals surface area contributed by atoms with E-state index in [1.165, 1.54) is 12.1 Å². The Kier molecular flexibility index (Phi) is 8.82. The minimum atomic E-state index is -4.32. The van der Waals surface area contributed by atoms with Gasteiger partial charge in [-0.25, -0.2) is 0 Å². The van der Waals surface area contributed by atoms with Crippen molar-refractivity contribution < 1.29 is 13.2 Å². The number of nitrogens with zero attached hydrogens (tertiary/aromatic N) is 4. The Morgan fingerprint density at radius 2 is 1.88 bits per heavy atom. The first kappa shape index (κ1) is 22.2. The quantitative estimate of drug-likeness (QED) is 0.378. The van der Waals surface area contributed by atoms with Crippen molar-refractivity contribution in [3.63, 3.8) is 0 Å². The van der Waals surface area contributed by atoms with Crippen LogP contribution in [0.1, 0.15) is 23.9 Å². The van der Waals surface area contributed by atoms with Crippen molar-refractivity contribution in [2.45, 2.75) is 32.6 Å². The Balaban J connectivity index is 0.00000338. The molecule has 0 saturated heterocycles. The summed E-state index contributed by atoms with van der Waals surface area (Å²) >= 11 is 0. The highest BCUT2D eigenvalue weighted by molar-refractivity contribution is 14.0. The van der Waals surface area contributed by atoms with Crippen LogP contribution in [-0.2, 0) is 25.7 Å². The highest BCUT2D eigenvalue weighted by Crippen LogP contribution is 2.28. The molecule has 0 aliphatic heterocycles. The van der Waals surface area contributed by atoms with Gasteiger partial charge >= 0.3 is 6.18 Å². The van der Waals surface area contributed by atoms with Gasteiger partial charge in [0.15, 0.2) is 5.96 Å².